The van der Waals surface area contributed by atoms with E-state index < -0.39 is 11.6 Å². The number of piperazine rings is 1. The Morgan fingerprint density at radius 3 is 2.48 bits per heavy atom. The van der Waals surface area contributed by atoms with Gasteiger partial charge in [0, 0.05) is 42.9 Å². The van der Waals surface area contributed by atoms with E-state index in [-0.39, 0.29) is 23.6 Å². The molecule has 1 amide bonds. The third-order valence-electron chi connectivity index (χ3n) is 3.57. The van der Waals surface area contributed by atoms with Crippen LogP contribution in [0.25, 0.3) is 5.57 Å². The zero-order valence-corrected chi connectivity index (χ0v) is 12.5. The molecule has 0 radical (unpaired) electrons. The van der Waals surface area contributed by atoms with Gasteiger partial charge in [-0.15, -0.1) is 0 Å². The molecule has 21 heavy (non-hydrogen) atoms. The number of nitrogens with zero attached hydrogens (tertiary/aromatic N) is 1. The lowest BCUT2D eigenvalue weighted by molar-refractivity contribution is -0.127. The van der Waals surface area contributed by atoms with E-state index in [1.54, 1.807) is 11.8 Å². The van der Waals surface area contributed by atoms with Crippen LogP contribution in [0.3, 0.4) is 0 Å². The first kappa shape index (κ1) is 15.6. The Balaban J connectivity index is 2.16. The van der Waals surface area contributed by atoms with Gasteiger partial charge in [0.15, 0.2) is 0 Å². The van der Waals surface area contributed by atoms with Crippen molar-refractivity contribution in [1.82, 2.24) is 10.2 Å². The summed E-state index contributed by atoms with van der Waals surface area (Å²) in [5, 5.41) is 3.35. The molecule has 2 rings (SSSR count). The molecule has 0 aliphatic carbocycles. The van der Waals surface area contributed by atoms with E-state index >= 15 is 0 Å². The summed E-state index contributed by atoms with van der Waals surface area (Å²) >= 11 is 0. The summed E-state index contributed by atoms with van der Waals surface area (Å²) in [6, 6.07) is 3.83. The predicted molar refractivity (Wildman–Crippen MR) is 78.6 cm³/mol. The van der Waals surface area contributed by atoms with Crippen LogP contribution in [-0.2, 0) is 4.79 Å². The first-order valence-corrected chi connectivity index (χ1v) is 7.05. The molecule has 2 atom stereocenters. The van der Waals surface area contributed by atoms with Crippen molar-refractivity contribution < 1.29 is 13.6 Å². The zero-order chi connectivity index (χ0) is 15.6. The Morgan fingerprint density at radius 1 is 1.29 bits per heavy atom. The van der Waals surface area contributed by atoms with Crippen molar-refractivity contribution in [1.29, 1.82) is 0 Å². The van der Waals surface area contributed by atoms with Gasteiger partial charge < -0.3 is 10.2 Å². The summed E-state index contributed by atoms with van der Waals surface area (Å²) < 4.78 is 26.6. The fourth-order valence-electron chi connectivity index (χ4n) is 2.67. The Kier molecular flexibility index (Phi) is 4.73. The van der Waals surface area contributed by atoms with Crippen LogP contribution in [0, 0.1) is 11.6 Å². The van der Waals surface area contributed by atoms with Crippen LogP contribution >= 0.6 is 0 Å². The van der Waals surface area contributed by atoms with Crippen molar-refractivity contribution in [2.75, 3.05) is 13.1 Å². The molecular weight excluding hydrogens is 274 g/mol. The molecule has 1 heterocycles. The number of allylic oxidation sites excluding steroid dienone is 1. The number of rotatable bonds is 2. The Bertz CT molecular complexity index is 561. The number of nitrogens with one attached hydrogen (secondary N) is 1. The van der Waals surface area contributed by atoms with Gasteiger partial charge in [-0.2, -0.15) is 0 Å². The molecule has 1 N–H and O–H groups in total. The molecule has 0 spiro atoms. The molecule has 1 aromatic rings. The van der Waals surface area contributed by atoms with Gasteiger partial charge >= 0.3 is 0 Å². The molecule has 1 aromatic carbocycles. The number of amides is 1. The second kappa shape index (κ2) is 6.35. The standard InChI is InChI=1S/C16H20F2N2O/c1-10(14-5-4-13(17)7-15(14)18)6-16(21)20-8-11(2)19-12(3)9-20/h4-7,11-12,19H,8-9H2,1-3H3/b10-6-. The predicted octanol–water partition coefficient (Wildman–Crippen LogP) is 2.58. The largest absolute Gasteiger partial charge is 0.336 e. The molecule has 0 saturated carbocycles. The van der Waals surface area contributed by atoms with E-state index in [0.29, 0.717) is 18.7 Å². The summed E-state index contributed by atoms with van der Waals surface area (Å²) in [6.45, 7) is 6.94. The molecule has 0 aromatic heterocycles. The Morgan fingerprint density at radius 2 is 1.90 bits per heavy atom. The number of hydrogen-bond donors (Lipinski definition) is 1. The van der Waals surface area contributed by atoms with Gasteiger partial charge in [-0.3, -0.25) is 4.79 Å². The van der Waals surface area contributed by atoms with Crippen LogP contribution in [0.5, 0.6) is 0 Å². The maximum Gasteiger partial charge on any atom is 0.246 e. The quantitative estimate of drug-likeness (QED) is 0.850. The highest BCUT2D eigenvalue weighted by molar-refractivity contribution is 5.95. The maximum absolute atomic E-state index is 13.7. The Hall–Kier alpha value is -1.75. The number of carbonyl (C=O) groups excluding carboxylic acids is 1. The summed E-state index contributed by atoms with van der Waals surface area (Å²) in [6.07, 6.45) is 1.42. The number of benzene rings is 1. The van der Waals surface area contributed by atoms with E-state index in [1.165, 1.54) is 18.2 Å². The average Bonchev–Trinajstić information content (AvgIpc) is 2.37. The van der Waals surface area contributed by atoms with E-state index in [9.17, 15) is 13.6 Å². The molecule has 1 aliphatic rings. The first-order chi connectivity index (χ1) is 9.86. The molecular formula is C16H20F2N2O. The van der Waals surface area contributed by atoms with Crippen LogP contribution in [0.15, 0.2) is 24.3 Å². The van der Waals surface area contributed by atoms with E-state index in [1.807, 2.05) is 13.8 Å². The van der Waals surface area contributed by atoms with Crippen LogP contribution in [0.1, 0.15) is 26.3 Å². The smallest absolute Gasteiger partial charge is 0.246 e. The summed E-state index contributed by atoms with van der Waals surface area (Å²) in [7, 11) is 0. The van der Waals surface area contributed by atoms with Gasteiger partial charge in [0.05, 0.1) is 0 Å². The molecule has 1 fully saturated rings. The molecule has 1 aliphatic heterocycles. The highest BCUT2D eigenvalue weighted by Crippen LogP contribution is 2.19. The zero-order valence-electron chi connectivity index (χ0n) is 12.5. The van der Waals surface area contributed by atoms with E-state index in [2.05, 4.69) is 5.32 Å². The summed E-state index contributed by atoms with van der Waals surface area (Å²) in [5.41, 5.74) is 0.748. The van der Waals surface area contributed by atoms with Crippen molar-refractivity contribution in [3.05, 3.63) is 41.5 Å². The third kappa shape index (κ3) is 3.88. The van der Waals surface area contributed by atoms with Crippen LogP contribution < -0.4 is 5.32 Å². The minimum Gasteiger partial charge on any atom is -0.336 e. The molecule has 5 heteroatoms. The molecule has 114 valence electrons. The highest BCUT2D eigenvalue weighted by atomic mass is 19.1. The molecule has 0 bridgehead atoms. The van der Waals surface area contributed by atoms with Gasteiger partial charge in [-0.25, -0.2) is 8.78 Å². The van der Waals surface area contributed by atoms with Crippen molar-refractivity contribution in [2.24, 2.45) is 0 Å². The van der Waals surface area contributed by atoms with Gasteiger partial charge in [0.2, 0.25) is 5.91 Å². The van der Waals surface area contributed by atoms with Gasteiger partial charge in [0.1, 0.15) is 11.6 Å². The topological polar surface area (TPSA) is 32.3 Å². The second-order valence-corrected chi connectivity index (χ2v) is 5.66. The van der Waals surface area contributed by atoms with Crippen LogP contribution in [0.2, 0.25) is 0 Å². The number of hydrogen-bond acceptors (Lipinski definition) is 2. The molecule has 1 saturated heterocycles. The minimum absolute atomic E-state index is 0.142. The van der Waals surface area contributed by atoms with E-state index in [0.717, 1.165) is 6.07 Å². The maximum atomic E-state index is 13.7. The lowest BCUT2D eigenvalue weighted by atomic mass is 10.1. The highest BCUT2D eigenvalue weighted by Gasteiger charge is 2.23. The lowest BCUT2D eigenvalue weighted by Gasteiger charge is -2.35. The summed E-state index contributed by atoms with van der Waals surface area (Å²) in [5.74, 6) is -1.42. The van der Waals surface area contributed by atoms with Crippen molar-refractivity contribution in [2.45, 2.75) is 32.9 Å². The fourth-order valence-corrected chi connectivity index (χ4v) is 2.67. The monoisotopic (exact) mass is 294 g/mol. The van der Waals surface area contributed by atoms with Crippen molar-refractivity contribution in [3.63, 3.8) is 0 Å². The SMILES string of the molecule is C/C(=C/C(=O)N1CC(C)NC(C)C1)c1ccc(F)cc1F. The lowest BCUT2D eigenvalue weighted by Crippen LogP contribution is -2.55. The van der Waals surface area contributed by atoms with Crippen molar-refractivity contribution in [3.8, 4) is 0 Å². The van der Waals surface area contributed by atoms with Crippen LogP contribution in [0.4, 0.5) is 8.78 Å². The average molecular weight is 294 g/mol. The third-order valence-corrected chi connectivity index (χ3v) is 3.57. The second-order valence-electron chi connectivity index (χ2n) is 5.66. The molecule has 3 nitrogen and oxygen atoms in total. The minimum atomic E-state index is -0.654. The number of halogens is 2. The van der Waals surface area contributed by atoms with Gasteiger partial charge in [-0.1, -0.05) is 0 Å². The molecule has 2 unspecified atom stereocenters. The fraction of sp³-hybridized carbons (Fsp3) is 0.438. The van der Waals surface area contributed by atoms with E-state index in [4.69, 9.17) is 0 Å². The van der Waals surface area contributed by atoms with Crippen molar-refractivity contribution >= 4 is 11.5 Å². The van der Waals surface area contributed by atoms with Gasteiger partial charge in [-0.05, 0) is 38.5 Å². The van der Waals surface area contributed by atoms with Crippen LogP contribution in [-0.4, -0.2) is 36.0 Å². The Labute approximate surface area is 123 Å². The first-order valence-electron chi connectivity index (χ1n) is 7.05. The summed E-state index contributed by atoms with van der Waals surface area (Å²) in [4.78, 5) is 14.0. The number of carbonyl (C=O) groups is 1. The normalized spacial score (nSPS) is 23.3. The van der Waals surface area contributed by atoms with Gasteiger partial charge in [0.25, 0.3) is 0 Å².